The maximum atomic E-state index is 12.2. The van der Waals surface area contributed by atoms with Crippen LogP contribution in [0.15, 0.2) is 12.3 Å². The minimum absolute atomic E-state index is 0.00819. The first-order chi connectivity index (χ1) is 18.7. The van der Waals surface area contributed by atoms with Crippen LogP contribution in [0.1, 0.15) is 50.4 Å². The van der Waals surface area contributed by atoms with Crippen molar-refractivity contribution in [1.82, 2.24) is 19.9 Å². The molecule has 13 heteroatoms. The van der Waals surface area contributed by atoms with Crippen LogP contribution >= 0.6 is 11.3 Å². The van der Waals surface area contributed by atoms with Gasteiger partial charge in [-0.05, 0) is 39.2 Å². The average Bonchev–Trinajstić information content (AvgIpc) is 3.61. The first kappa shape index (κ1) is 28.1. The molecule has 2 fully saturated rings. The van der Waals surface area contributed by atoms with Gasteiger partial charge >= 0.3 is 0 Å². The van der Waals surface area contributed by atoms with Gasteiger partial charge in [-0.25, -0.2) is 18.4 Å². The molecule has 2 aliphatic rings. The summed E-state index contributed by atoms with van der Waals surface area (Å²) in [6.45, 7) is 7.03. The summed E-state index contributed by atoms with van der Waals surface area (Å²) in [5.74, 6) is 0.560. The Balaban J connectivity index is 1.49. The van der Waals surface area contributed by atoms with Crippen LogP contribution in [0.25, 0.3) is 20.8 Å². The fourth-order valence-electron chi connectivity index (χ4n) is 5.08. The number of hydrogen-bond acceptors (Lipinski definition) is 12. The van der Waals surface area contributed by atoms with Gasteiger partial charge in [0.1, 0.15) is 32.3 Å². The predicted octanol–water partition coefficient (Wildman–Crippen LogP) is 2.74. The van der Waals surface area contributed by atoms with Crippen molar-refractivity contribution in [2.45, 2.75) is 64.2 Å². The number of aromatic nitrogens is 4. The highest BCUT2D eigenvalue weighted by Crippen LogP contribution is 2.44. The molecule has 3 aromatic rings. The molecule has 5 rings (SSSR count). The van der Waals surface area contributed by atoms with Crippen LogP contribution in [0.2, 0.25) is 0 Å². The molecule has 0 radical (unpaired) electrons. The normalized spacial score (nSPS) is 23.4. The van der Waals surface area contributed by atoms with Crippen molar-refractivity contribution in [3.63, 3.8) is 0 Å². The Morgan fingerprint density at radius 1 is 1.15 bits per heavy atom. The number of aliphatic hydroxyl groups is 2. The zero-order chi connectivity index (χ0) is 27.7. The number of anilines is 2. The van der Waals surface area contributed by atoms with E-state index in [-0.39, 0.29) is 17.9 Å². The molecule has 4 N–H and O–H groups in total. The second kappa shape index (κ2) is 11.6. The van der Waals surface area contributed by atoms with Crippen LogP contribution in [0.4, 0.5) is 11.8 Å². The monoisotopic (exact) mass is 576 g/mol. The highest BCUT2D eigenvalue weighted by atomic mass is 32.2. The lowest BCUT2D eigenvalue weighted by molar-refractivity contribution is 0.0216. The largest absolute Gasteiger partial charge is 0.390 e. The molecule has 2 saturated carbocycles. The third kappa shape index (κ3) is 6.17. The van der Waals surface area contributed by atoms with Gasteiger partial charge < -0.3 is 25.6 Å². The minimum atomic E-state index is -3.32. The highest BCUT2D eigenvalue weighted by molar-refractivity contribution is 7.91. The van der Waals surface area contributed by atoms with Crippen LogP contribution in [0.5, 0.6) is 0 Å². The van der Waals surface area contributed by atoms with E-state index in [1.165, 1.54) is 11.3 Å². The fraction of sp³-hybridized carbons (Fsp3) is 0.615. The number of rotatable bonds is 12. The lowest BCUT2D eigenvalue weighted by atomic mass is 10.1. The Hall–Kier alpha value is -2.45. The number of sulfone groups is 1. The quantitative estimate of drug-likeness (QED) is 0.235. The van der Waals surface area contributed by atoms with Crippen molar-refractivity contribution < 1.29 is 23.4 Å². The summed E-state index contributed by atoms with van der Waals surface area (Å²) in [4.78, 5) is 19.0. The Bertz CT molecular complexity index is 1430. The molecule has 11 nitrogen and oxygen atoms in total. The van der Waals surface area contributed by atoms with E-state index < -0.39 is 34.0 Å². The molecule has 0 saturated heterocycles. The Morgan fingerprint density at radius 2 is 1.95 bits per heavy atom. The number of nitrogens with zero attached hydrogens (tertiary/aromatic N) is 4. The zero-order valence-corrected chi connectivity index (χ0v) is 24.1. The molecular weight excluding hydrogens is 540 g/mol. The van der Waals surface area contributed by atoms with E-state index in [0.29, 0.717) is 48.7 Å². The van der Waals surface area contributed by atoms with E-state index in [2.05, 4.69) is 20.6 Å². The number of nitrogens with one attached hydrogen (secondary N) is 2. The molecular formula is C26H36N6O5S2. The van der Waals surface area contributed by atoms with E-state index >= 15 is 0 Å². The minimum Gasteiger partial charge on any atom is -0.390 e. The Morgan fingerprint density at radius 3 is 2.67 bits per heavy atom. The molecule has 0 aromatic carbocycles. The first-order valence-electron chi connectivity index (χ1n) is 13.5. The molecule has 0 bridgehead atoms. The van der Waals surface area contributed by atoms with Gasteiger partial charge in [0.15, 0.2) is 0 Å². The van der Waals surface area contributed by atoms with E-state index in [4.69, 9.17) is 14.7 Å². The summed E-state index contributed by atoms with van der Waals surface area (Å²) in [5.41, 5.74) is 3.32. The molecule has 3 heterocycles. The van der Waals surface area contributed by atoms with E-state index in [1.807, 2.05) is 26.1 Å². The van der Waals surface area contributed by atoms with E-state index in [9.17, 15) is 18.6 Å². The number of thiazole rings is 1. The highest BCUT2D eigenvalue weighted by Gasteiger charge is 2.43. The SMILES string of the molecule is CCOCCNc1nc(C)c(-c2nc3c(C4CC4)nccc3s2)c(NC2C[C@H](CS(=O)(=O)CC)[C@@H](O)[C@H]2O)n1. The Labute approximate surface area is 232 Å². The number of ether oxygens (including phenoxy) is 1. The topological polar surface area (TPSA) is 159 Å². The fourth-order valence-corrected chi connectivity index (χ4v) is 7.37. The molecule has 4 atom stereocenters. The first-order valence-corrected chi connectivity index (χ1v) is 16.1. The van der Waals surface area contributed by atoms with Crippen molar-refractivity contribution in [2.75, 3.05) is 41.9 Å². The number of fused-ring (bicyclic) bond motifs is 1. The molecule has 0 spiro atoms. The van der Waals surface area contributed by atoms with Crippen LogP contribution in [-0.4, -0.2) is 88.1 Å². The summed E-state index contributed by atoms with van der Waals surface area (Å²) < 4.78 is 30.9. The van der Waals surface area contributed by atoms with Crippen LogP contribution in [0, 0.1) is 12.8 Å². The summed E-state index contributed by atoms with van der Waals surface area (Å²) in [5, 5.41) is 28.8. The molecule has 3 aromatic heterocycles. The second-order valence-electron chi connectivity index (χ2n) is 10.2. The lowest BCUT2D eigenvalue weighted by Gasteiger charge is -2.21. The summed E-state index contributed by atoms with van der Waals surface area (Å²) in [7, 11) is -3.32. The number of pyridine rings is 1. The van der Waals surface area contributed by atoms with Crippen molar-refractivity contribution in [3.8, 4) is 10.6 Å². The van der Waals surface area contributed by atoms with Crippen LogP contribution in [0.3, 0.4) is 0 Å². The number of hydrogen-bond donors (Lipinski definition) is 4. The Kier molecular flexibility index (Phi) is 8.34. The van der Waals surface area contributed by atoms with Gasteiger partial charge in [0.25, 0.3) is 0 Å². The summed E-state index contributed by atoms with van der Waals surface area (Å²) in [6.07, 6.45) is 2.04. The average molecular weight is 577 g/mol. The van der Waals surface area contributed by atoms with Gasteiger partial charge in [-0.3, -0.25) is 4.98 Å². The van der Waals surface area contributed by atoms with Crippen molar-refractivity contribution >= 4 is 43.2 Å². The zero-order valence-electron chi connectivity index (χ0n) is 22.4. The lowest BCUT2D eigenvalue weighted by Crippen LogP contribution is -2.36. The molecule has 2 aliphatic carbocycles. The second-order valence-corrected chi connectivity index (χ2v) is 13.7. The number of aliphatic hydroxyl groups excluding tert-OH is 2. The maximum Gasteiger partial charge on any atom is 0.224 e. The molecule has 1 unspecified atom stereocenters. The summed E-state index contributed by atoms with van der Waals surface area (Å²) in [6, 6.07) is 1.37. The molecule has 0 amide bonds. The number of aryl methyl sites for hydroxylation is 1. The molecule has 39 heavy (non-hydrogen) atoms. The molecule has 0 aliphatic heterocycles. The third-order valence-corrected chi connectivity index (χ3v) is 10.2. The van der Waals surface area contributed by atoms with E-state index in [0.717, 1.165) is 33.8 Å². The van der Waals surface area contributed by atoms with Gasteiger partial charge in [0.2, 0.25) is 5.95 Å². The molecule has 212 valence electrons. The van der Waals surface area contributed by atoms with Gasteiger partial charge in [0.05, 0.1) is 46.2 Å². The van der Waals surface area contributed by atoms with E-state index in [1.54, 1.807) is 6.92 Å². The van der Waals surface area contributed by atoms with Crippen LogP contribution < -0.4 is 10.6 Å². The predicted molar refractivity (Wildman–Crippen MR) is 152 cm³/mol. The van der Waals surface area contributed by atoms with Gasteiger partial charge in [0, 0.05) is 36.9 Å². The summed E-state index contributed by atoms with van der Waals surface area (Å²) >= 11 is 1.54. The van der Waals surface area contributed by atoms with Crippen molar-refractivity contribution in [1.29, 1.82) is 0 Å². The van der Waals surface area contributed by atoms with Crippen molar-refractivity contribution in [2.24, 2.45) is 5.92 Å². The smallest absolute Gasteiger partial charge is 0.224 e. The van der Waals surface area contributed by atoms with Crippen LogP contribution in [-0.2, 0) is 14.6 Å². The van der Waals surface area contributed by atoms with Gasteiger partial charge in [-0.2, -0.15) is 4.98 Å². The van der Waals surface area contributed by atoms with Crippen molar-refractivity contribution in [3.05, 3.63) is 23.7 Å². The maximum absolute atomic E-state index is 12.2. The van der Waals surface area contributed by atoms with Gasteiger partial charge in [-0.1, -0.05) is 6.92 Å². The third-order valence-electron chi connectivity index (χ3n) is 7.37. The van der Waals surface area contributed by atoms with Gasteiger partial charge in [-0.15, -0.1) is 11.3 Å². The standard InChI is InChI=1S/C26H36N6O5S2/c1-4-37-11-10-28-26-29-14(3)19(25-31-21-18(38-25)8-9-27-20(21)15-6-7-15)24(32-26)30-17-12-16(22(33)23(17)34)13-39(35,36)5-2/h8-9,15-17,22-23,33-34H,4-7,10-13H2,1-3H3,(H2,28,29,30,32)/t16-,17?,22-,23+/m1/s1.